The van der Waals surface area contributed by atoms with E-state index in [0.717, 1.165) is 5.56 Å². The molecule has 0 spiro atoms. The van der Waals surface area contributed by atoms with Crippen molar-refractivity contribution in [1.82, 2.24) is 5.48 Å². The van der Waals surface area contributed by atoms with Gasteiger partial charge in [-0.25, -0.2) is 5.48 Å². The van der Waals surface area contributed by atoms with Gasteiger partial charge in [0, 0.05) is 0 Å². The number of carbonyl (C=O) groups excluding carboxylic acids is 1. The number of nitrogens with one attached hydrogen (secondary N) is 1. The molecule has 0 saturated carbocycles. The lowest BCUT2D eigenvalue weighted by Gasteiger charge is -1.99. The molecule has 0 radical (unpaired) electrons. The highest BCUT2D eigenvalue weighted by Crippen LogP contribution is 2.12. The Morgan fingerprint density at radius 2 is 2.50 bits per heavy atom. The molecule has 12 heavy (non-hydrogen) atoms. The number of hydrogen-bond donors (Lipinski definition) is 1. The van der Waals surface area contributed by atoms with Crippen molar-refractivity contribution in [1.29, 1.82) is 0 Å². The molecule has 1 amide bonds. The normalized spacial score (nSPS) is 9.83. The lowest BCUT2D eigenvalue weighted by atomic mass is 10.3. The fraction of sp³-hybridized carbons (Fsp3) is 0.375. The van der Waals surface area contributed by atoms with E-state index in [2.05, 4.69) is 5.48 Å². The standard InChI is InChI=1S/C8H11NO2S/c1-3-11-9-8(10)7-4-6(2)5-12-7/h4-5H,3H2,1-2H3,(H,9,10). The summed E-state index contributed by atoms with van der Waals surface area (Å²) < 4.78 is 0. The number of hydrogen-bond acceptors (Lipinski definition) is 3. The van der Waals surface area contributed by atoms with Crippen LogP contribution in [0.15, 0.2) is 11.4 Å². The first-order valence-electron chi connectivity index (χ1n) is 3.71. The average molecular weight is 185 g/mol. The van der Waals surface area contributed by atoms with E-state index in [1.807, 2.05) is 25.3 Å². The highest BCUT2D eigenvalue weighted by atomic mass is 32.1. The molecular weight excluding hydrogens is 174 g/mol. The van der Waals surface area contributed by atoms with Gasteiger partial charge in [0.25, 0.3) is 5.91 Å². The Balaban J connectivity index is 2.53. The van der Waals surface area contributed by atoms with Crippen molar-refractivity contribution >= 4 is 17.2 Å². The lowest BCUT2D eigenvalue weighted by Crippen LogP contribution is -2.22. The first-order valence-corrected chi connectivity index (χ1v) is 4.59. The Bertz CT molecular complexity index is 270. The minimum absolute atomic E-state index is 0.171. The SMILES string of the molecule is CCONC(=O)c1cc(C)cs1. The molecule has 3 nitrogen and oxygen atoms in total. The maximum Gasteiger partial charge on any atom is 0.284 e. The Labute approximate surface area is 75.3 Å². The smallest absolute Gasteiger partial charge is 0.274 e. The van der Waals surface area contributed by atoms with E-state index in [1.165, 1.54) is 11.3 Å². The quantitative estimate of drug-likeness (QED) is 0.728. The van der Waals surface area contributed by atoms with Crippen LogP contribution in [0.1, 0.15) is 22.2 Å². The van der Waals surface area contributed by atoms with Gasteiger partial charge in [0.15, 0.2) is 0 Å². The topological polar surface area (TPSA) is 38.3 Å². The molecule has 1 N–H and O–H groups in total. The summed E-state index contributed by atoms with van der Waals surface area (Å²) in [6.07, 6.45) is 0. The highest BCUT2D eigenvalue weighted by molar-refractivity contribution is 7.12. The zero-order chi connectivity index (χ0) is 8.97. The van der Waals surface area contributed by atoms with Gasteiger partial charge < -0.3 is 0 Å². The van der Waals surface area contributed by atoms with Crippen molar-refractivity contribution < 1.29 is 9.63 Å². The van der Waals surface area contributed by atoms with Gasteiger partial charge in [-0.15, -0.1) is 11.3 Å². The fourth-order valence-corrected chi connectivity index (χ4v) is 1.52. The number of carbonyl (C=O) groups is 1. The third-order valence-electron chi connectivity index (χ3n) is 1.26. The van der Waals surface area contributed by atoms with Crippen LogP contribution in [0.3, 0.4) is 0 Å². The van der Waals surface area contributed by atoms with Crippen molar-refractivity contribution in [2.24, 2.45) is 0 Å². The second-order valence-corrected chi connectivity index (χ2v) is 3.26. The summed E-state index contributed by atoms with van der Waals surface area (Å²) in [7, 11) is 0. The predicted molar refractivity (Wildman–Crippen MR) is 48.1 cm³/mol. The zero-order valence-electron chi connectivity index (χ0n) is 7.09. The number of thiophene rings is 1. The van der Waals surface area contributed by atoms with E-state index in [9.17, 15) is 4.79 Å². The summed E-state index contributed by atoms with van der Waals surface area (Å²) in [5.41, 5.74) is 3.43. The number of amides is 1. The zero-order valence-corrected chi connectivity index (χ0v) is 7.90. The summed E-state index contributed by atoms with van der Waals surface area (Å²) in [4.78, 5) is 16.6. The molecule has 1 aromatic heterocycles. The molecule has 0 aromatic carbocycles. The Morgan fingerprint density at radius 1 is 1.75 bits per heavy atom. The van der Waals surface area contributed by atoms with Gasteiger partial charge in [0.2, 0.25) is 0 Å². The second-order valence-electron chi connectivity index (χ2n) is 2.35. The summed E-state index contributed by atoms with van der Waals surface area (Å²) in [5.74, 6) is -0.171. The van der Waals surface area contributed by atoms with Crippen molar-refractivity contribution in [3.05, 3.63) is 21.9 Å². The van der Waals surface area contributed by atoms with Gasteiger partial charge in [-0.1, -0.05) is 0 Å². The van der Waals surface area contributed by atoms with Crippen LogP contribution in [0.25, 0.3) is 0 Å². The minimum atomic E-state index is -0.171. The minimum Gasteiger partial charge on any atom is -0.274 e. The molecule has 0 fully saturated rings. The van der Waals surface area contributed by atoms with E-state index in [0.29, 0.717) is 11.5 Å². The molecule has 0 saturated heterocycles. The van der Waals surface area contributed by atoms with Crippen molar-refractivity contribution in [2.75, 3.05) is 6.61 Å². The first-order chi connectivity index (χ1) is 5.74. The largest absolute Gasteiger partial charge is 0.284 e. The van der Waals surface area contributed by atoms with Gasteiger partial charge in [-0.2, -0.15) is 0 Å². The average Bonchev–Trinajstić information content (AvgIpc) is 2.47. The van der Waals surface area contributed by atoms with E-state index in [4.69, 9.17) is 4.84 Å². The molecule has 1 rings (SSSR count). The summed E-state index contributed by atoms with van der Waals surface area (Å²) >= 11 is 1.42. The molecule has 0 unspecified atom stereocenters. The van der Waals surface area contributed by atoms with Gasteiger partial charge in [0.05, 0.1) is 11.5 Å². The van der Waals surface area contributed by atoms with Gasteiger partial charge in [-0.05, 0) is 30.9 Å². The molecule has 4 heteroatoms. The summed E-state index contributed by atoms with van der Waals surface area (Å²) in [6.45, 7) is 4.25. The van der Waals surface area contributed by atoms with Crippen LogP contribution in [-0.2, 0) is 4.84 Å². The fourth-order valence-electron chi connectivity index (χ4n) is 0.738. The number of aryl methyl sites for hydroxylation is 1. The maximum absolute atomic E-state index is 11.2. The van der Waals surface area contributed by atoms with Crippen LogP contribution >= 0.6 is 11.3 Å². The van der Waals surface area contributed by atoms with Crippen LogP contribution in [0.5, 0.6) is 0 Å². The first kappa shape index (κ1) is 9.22. The number of hydroxylamine groups is 1. The molecule has 0 aliphatic heterocycles. The van der Waals surface area contributed by atoms with Crippen LogP contribution in [-0.4, -0.2) is 12.5 Å². The molecule has 0 bridgehead atoms. The molecule has 66 valence electrons. The molecule has 1 aromatic rings. The number of rotatable bonds is 3. The third kappa shape index (κ3) is 2.32. The van der Waals surface area contributed by atoms with E-state index in [-0.39, 0.29) is 5.91 Å². The third-order valence-corrected chi connectivity index (χ3v) is 2.31. The van der Waals surface area contributed by atoms with Crippen LogP contribution < -0.4 is 5.48 Å². The Hall–Kier alpha value is -0.870. The second kappa shape index (κ2) is 4.23. The predicted octanol–water partition coefficient (Wildman–Crippen LogP) is 1.74. The molecule has 1 heterocycles. The highest BCUT2D eigenvalue weighted by Gasteiger charge is 2.06. The Morgan fingerprint density at radius 3 is 3.00 bits per heavy atom. The van der Waals surface area contributed by atoms with Gasteiger partial charge in [0.1, 0.15) is 0 Å². The summed E-state index contributed by atoms with van der Waals surface area (Å²) in [6, 6.07) is 1.83. The van der Waals surface area contributed by atoms with E-state index in [1.54, 1.807) is 0 Å². The summed E-state index contributed by atoms with van der Waals surface area (Å²) in [5, 5.41) is 1.93. The van der Waals surface area contributed by atoms with Crippen molar-refractivity contribution in [2.45, 2.75) is 13.8 Å². The maximum atomic E-state index is 11.2. The van der Waals surface area contributed by atoms with E-state index < -0.39 is 0 Å². The van der Waals surface area contributed by atoms with Crippen LogP contribution in [0.2, 0.25) is 0 Å². The Kier molecular flexibility index (Phi) is 3.25. The molecule has 0 aliphatic rings. The molecule has 0 aliphatic carbocycles. The molecule has 0 atom stereocenters. The van der Waals surface area contributed by atoms with Crippen molar-refractivity contribution in [3.63, 3.8) is 0 Å². The monoisotopic (exact) mass is 185 g/mol. The van der Waals surface area contributed by atoms with Gasteiger partial charge in [-0.3, -0.25) is 9.63 Å². The van der Waals surface area contributed by atoms with Crippen LogP contribution in [0, 0.1) is 6.92 Å². The van der Waals surface area contributed by atoms with Crippen LogP contribution in [0.4, 0.5) is 0 Å². The molecular formula is C8H11NO2S. The van der Waals surface area contributed by atoms with E-state index >= 15 is 0 Å². The lowest BCUT2D eigenvalue weighted by molar-refractivity contribution is 0.0368. The van der Waals surface area contributed by atoms with Crippen molar-refractivity contribution in [3.8, 4) is 0 Å². The van der Waals surface area contributed by atoms with Gasteiger partial charge >= 0.3 is 0 Å².